The zero-order chi connectivity index (χ0) is 13.0. The lowest BCUT2D eigenvalue weighted by Gasteiger charge is -2.23. The minimum atomic E-state index is -0.0951. The fourth-order valence-corrected chi connectivity index (χ4v) is 2.46. The molecule has 3 nitrogen and oxygen atoms in total. The van der Waals surface area contributed by atoms with Crippen molar-refractivity contribution in [3.63, 3.8) is 0 Å². The van der Waals surface area contributed by atoms with E-state index in [2.05, 4.69) is 11.4 Å². The average Bonchev–Trinajstić information content (AvgIpc) is 2.59. The highest BCUT2D eigenvalue weighted by Gasteiger charge is 2.26. The van der Waals surface area contributed by atoms with Crippen molar-refractivity contribution >= 4 is 23.2 Å². The Morgan fingerprint density at radius 3 is 2.94 bits per heavy atom. The minimum absolute atomic E-state index is 0.0951. The first kappa shape index (κ1) is 13.6. The first-order chi connectivity index (χ1) is 8.72. The number of hydrogen-bond donors (Lipinski definition) is 1. The molecule has 0 amide bonds. The van der Waals surface area contributed by atoms with Gasteiger partial charge in [0.05, 0.1) is 35.2 Å². The maximum Gasteiger partial charge on any atom is 0.0786 e. The molecule has 1 aliphatic rings. The van der Waals surface area contributed by atoms with E-state index in [9.17, 15) is 0 Å². The van der Waals surface area contributed by atoms with Gasteiger partial charge in [-0.15, -0.1) is 0 Å². The van der Waals surface area contributed by atoms with Crippen LogP contribution in [0.15, 0.2) is 18.2 Å². The molecule has 1 saturated heterocycles. The van der Waals surface area contributed by atoms with Crippen molar-refractivity contribution < 1.29 is 4.74 Å². The zero-order valence-electron chi connectivity index (χ0n) is 9.83. The third-order valence-electron chi connectivity index (χ3n) is 3.09. The van der Waals surface area contributed by atoms with Crippen molar-refractivity contribution in [3.05, 3.63) is 33.8 Å². The molecular weight excluding hydrogens is 271 g/mol. The van der Waals surface area contributed by atoms with E-state index in [1.807, 2.05) is 12.1 Å². The average molecular weight is 285 g/mol. The van der Waals surface area contributed by atoms with E-state index in [4.69, 9.17) is 33.2 Å². The van der Waals surface area contributed by atoms with Crippen LogP contribution in [0.2, 0.25) is 10.0 Å². The van der Waals surface area contributed by atoms with Crippen molar-refractivity contribution in [2.24, 2.45) is 0 Å². The molecule has 2 atom stereocenters. The topological polar surface area (TPSA) is 45.0 Å². The van der Waals surface area contributed by atoms with Crippen LogP contribution < -0.4 is 5.32 Å². The molecule has 5 heteroatoms. The van der Waals surface area contributed by atoms with Crippen molar-refractivity contribution in [2.75, 3.05) is 19.7 Å². The van der Waals surface area contributed by atoms with Gasteiger partial charge in [0, 0.05) is 19.0 Å². The summed E-state index contributed by atoms with van der Waals surface area (Å²) in [7, 11) is 0. The highest BCUT2D eigenvalue weighted by atomic mass is 35.5. The van der Waals surface area contributed by atoms with Gasteiger partial charge in [-0.3, -0.25) is 0 Å². The van der Waals surface area contributed by atoms with Gasteiger partial charge in [-0.05, 0) is 17.7 Å². The van der Waals surface area contributed by atoms with Crippen LogP contribution in [0.3, 0.4) is 0 Å². The predicted octanol–water partition coefficient (Wildman–Crippen LogP) is 2.98. The SMILES string of the molecule is N#CC[C@H]1OCCNC[C@@H]1c1ccc(Cl)c(Cl)c1. The van der Waals surface area contributed by atoms with Gasteiger partial charge in [0.1, 0.15) is 0 Å². The maximum absolute atomic E-state index is 8.88. The Morgan fingerprint density at radius 2 is 2.22 bits per heavy atom. The van der Waals surface area contributed by atoms with E-state index in [0.29, 0.717) is 23.1 Å². The smallest absolute Gasteiger partial charge is 0.0786 e. The lowest BCUT2D eigenvalue weighted by atomic mass is 9.92. The van der Waals surface area contributed by atoms with E-state index < -0.39 is 0 Å². The normalized spacial score (nSPS) is 24.3. The third-order valence-corrected chi connectivity index (χ3v) is 3.83. The monoisotopic (exact) mass is 284 g/mol. The molecule has 1 aromatic carbocycles. The van der Waals surface area contributed by atoms with Crippen LogP contribution in [0.1, 0.15) is 17.9 Å². The van der Waals surface area contributed by atoms with Gasteiger partial charge in [-0.25, -0.2) is 0 Å². The van der Waals surface area contributed by atoms with Crippen molar-refractivity contribution in [1.82, 2.24) is 5.32 Å². The fraction of sp³-hybridized carbons (Fsp3) is 0.462. The van der Waals surface area contributed by atoms with Crippen LogP contribution in [0.25, 0.3) is 0 Å². The molecule has 1 heterocycles. The van der Waals surface area contributed by atoms with Crippen LogP contribution in [0.5, 0.6) is 0 Å². The van der Waals surface area contributed by atoms with Gasteiger partial charge >= 0.3 is 0 Å². The Labute approximate surface area is 117 Å². The number of ether oxygens (including phenoxy) is 1. The number of hydrogen-bond acceptors (Lipinski definition) is 3. The summed E-state index contributed by atoms with van der Waals surface area (Å²) in [6.07, 6.45) is 0.286. The standard InChI is InChI=1S/C13H14Cl2N2O/c14-11-2-1-9(7-12(11)15)10-8-17-5-6-18-13(10)3-4-16/h1-2,7,10,13,17H,3,5-6,8H2/t10-,13-/m1/s1. The molecule has 0 unspecified atom stereocenters. The second kappa shape index (κ2) is 6.40. The van der Waals surface area contributed by atoms with Crippen LogP contribution in [0.4, 0.5) is 0 Å². The van der Waals surface area contributed by atoms with E-state index in [1.54, 1.807) is 6.07 Å². The Balaban J connectivity index is 2.26. The molecule has 1 aliphatic heterocycles. The summed E-state index contributed by atoms with van der Waals surface area (Å²) < 4.78 is 5.72. The highest BCUT2D eigenvalue weighted by Crippen LogP contribution is 2.30. The molecule has 0 aliphatic carbocycles. The number of halogens is 2. The van der Waals surface area contributed by atoms with Crippen LogP contribution in [0, 0.1) is 11.3 Å². The fourth-order valence-electron chi connectivity index (χ4n) is 2.15. The summed E-state index contributed by atoms with van der Waals surface area (Å²) in [5, 5.41) is 13.3. The molecule has 18 heavy (non-hydrogen) atoms. The molecule has 2 rings (SSSR count). The zero-order valence-corrected chi connectivity index (χ0v) is 11.3. The molecule has 0 radical (unpaired) electrons. The number of nitrogens with one attached hydrogen (secondary N) is 1. The Bertz CT molecular complexity index is 459. The molecule has 0 saturated carbocycles. The van der Waals surface area contributed by atoms with E-state index >= 15 is 0 Å². The van der Waals surface area contributed by atoms with Gasteiger partial charge < -0.3 is 10.1 Å². The minimum Gasteiger partial charge on any atom is -0.375 e. The summed E-state index contributed by atoms with van der Waals surface area (Å²) in [6, 6.07) is 7.76. The second-order valence-corrected chi connectivity index (χ2v) is 5.07. The van der Waals surface area contributed by atoms with Crippen molar-refractivity contribution in [3.8, 4) is 6.07 Å². The summed E-state index contributed by atoms with van der Waals surface area (Å²) in [6.45, 7) is 2.22. The van der Waals surface area contributed by atoms with Gasteiger partial charge in [-0.2, -0.15) is 5.26 Å². The van der Waals surface area contributed by atoms with Crippen LogP contribution >= 0.6 is 23.2 Å². The molecule has 1 fully saturated rings. The van der Waals surface area contributed by atoms with Crippen LogP contribution in [-0.4, -0.2) is 25.8 Å². The van der Waals surface area contributed by atoms with Crippen molar-refractivity contribution in [1.29, 1.82) is 5.26 Å². The first-order valence-electron chi connectivity index (χ1n) is 5.86. The second-order valence-electron chi connectivity index (χ2n) is 4.26. The largest absolute Gasteiger partial charge is 0.375 e. The van der Waals surface area contributed by atoms with Gasteiger partial charge in [0.15, 0.2) is 0 Å². The third kappa shape index (κ3) is 3.15. The van der Waals surface area contributed by atoms with Crippen molar-refractivity contribution in [2.45, 2.75) is 18.4 Å². The van der Waals surface area contributed by atoms with E-state index in [0.717, 1.165) is 18.7 Å². The molecule has 0 spiro atoms. The van der Waals surface area contributed by atoms with E-state index in [-0.39, 0.29) is 12.0 Å². The Hall–Kier alpha value is -0.790. The highest BCUT2D eigenvalue weighted by molar-refractivity contribution is 6.42. The summed E-state index contributed by atoms with van der Waals surface area (Å²) in [4.78, 5) is 0. The van der Waals surface area contributed by atoms with E-state index in [1.165, 1.54) is 0 Å². The summed E-state index contributed by atoms with van der Waals surface area (Å²) in [5.41, 5.74) is 1.05. The first-order valence-corrected chi connectivity index (χ1v) is 6.62. The Kier molecular flexibility index (Phi) is 4.85. The molecule has 96 valence electrons. The quantitative estimate of drug-likeness (QED) is 0.908. The molecule has 0 aromatic heterocycles. The van der Waals surface area contributed by atoms with Gasteiger partial charge in [0.25, 0.3) is 0 Å². The number of nitriles is 1. The number of benzene rings is 1. The number of nitrogens with zero attached hydrogens (tertiary/aromatic N) is 1. The predicted molar refractivity (Wildman–Crippen MR) is 72.0 cm³/mol. The summed E-state index contributed by atoms with van der Waals surface area (Å²) in [5.74, 6) is 0.127. The van der Waals surface area contributed by atoms with Gasteiger partial charge in [0.2, 0.25) is 0 Å². The molecule has 1 aromatic rings. The van der Waals surface area contributed by atoms with Gasteiger partial charge in [-0.1, -0.05) is 29.3 Å². The molecule has 0 bridgehead atoms. The summed E-state index contributed by atoms with van der Waals surface area (Å²) >= 11 is 12.0. The maximum atomic E-state index is 8.88. The lowest BCUT2D eigenvalue weighted by Crippen LogP contribution is -2.26. The number of rotatable bonds is 2. The molecular formula is C13H14Cl2N2O. The lowest BCUT2D eigenvalue weighted by molar-refractivity contribution is 0.0557. The van der Waals surface area contributed by atoms with Crippen LogP contribution in [-0.2, 0) is 4.74 Å². The Morgan fingerprint density at radius 1 is 1.39 bits per heavy atom. The molecule has 1 N–H and O–H groups in total.